The Balaban J connectivity index is 3.34. The van der Waals surface area contributed by atoms with Gasteiger partial charge in [-0.3, -0.25) is 0 Å². The zero-order valence-electron chi connectivity index (χ0n) is 13.9. The van der Waals surface area contributed by atoms with Gasteiger partial charge in [-0.1, -0.05) is 61.7 Å². The third-order valence-corrected chi connectivity index (χ3v) is 3.82. The van der Waals surface area contributed by atoms with Crippen LogP contribution in [0.2, 0.25) is 5.02 Å². The van der Waals surface area contributed by atoms with Crippen LogP contribution in [0.1, 0.15) is 58.1 Å². The summed E-state index contributed by atoms with van der Waals surface area (Å²) < 4.78 is 0. The number of allylic oxidation sites excluding steroid dienone is 6. The summed E-state index contributed by atoms with van der Waals surface area (Å²) in [5, 5.41) is 9.60. The van der Waals surface area contributed by atoms with E-state index in [0.717, 1.165) is 30.4 Å². The lowest BCUT2D eigenvalue weighted by atomic mass is 9.96. The van der Waals surface area contributed by atoms with E-state index in [1.54, 1.807) is 6.07 Å². The molecule has 22 heavy (non-hydrogen) atoms. The average molecular weight is 314 g/mol. The lowest BCUT2D eigenvalue weighted by Gasteiger charge is -2.11. The molecule has 116 valence electrons. The Labute approximate surface area is 139 Å². The van der Waals surface area contributed by atoms with Crippen LogP contribution in [-0.4, -0.2) is 0 Å². The topological polar surface area (TPSA) is 23.8 Å². The molecule has 0 aliphatic rings. The molecule has 1 aromatic carbocycles. The van der Waals surface area contributed by atoms with Crippen LogP contribution < -0.4 is 0 Å². The van der Waals surface area contributed by atoms with E-state index in [-0.39, 0.29) is 0 Å². The number of benzene rings is 1. The number of hydrogen-bond donors (Lipinski definition) is 0. The van der Waals surface area contributed by atoms with E-state index in [9.17, 15) is 0 Å². The maximum absolute atomic E-state index is 8.98. The lowest BCUT2D eigenvalue weighted by molar-refractivity contribution is 0.906. The van der Waals surface area contributed by atoms with Gasteiger partial charge in [0, 0.05) is 10.6 Å². The minimum Gasteiger partial charge on any atom is -0.192 e. The highest BCUT2D eigenvalue weighted by Gasteiger charge is 2.09. The van der Waals surface area contributed by atoms with Crippen molar-refractivity contribution in [2.45, 2.75) is 47.0 Å². The van der Waals surface area contributed by atoms with Gasteiger partial charge in [0.1, 0.15) is 0 Å². The Kier molecular flexibility index (Phi) is 7.71. The van der Waals surface area contributed by atoms with Gasteiger partial charge in [-0.15, -0.1) is 0 Å². The first-order valence-electron chi connectivity index (χ1n) is 7.78. The zero-order valence-corrected chi connectivity index (χ0v) is 14.7. The van der Waals surface area contributed by atoms with Crippen LogP contribution in [-0.2, 0) is 0 Å². The van der Waals surface area contributed by atoms with Crippen molar-refractivity contribution in [2.75, 3.05) is 0 Å². The van der Waals surface area contributed by atoms with E-state index >= 15 is 0 Å². The van der Waals surface area contributed by atoms with Crippen LogP contribution in [0, 0.1) is 11.3 Å². The summed E-state index contributed by atoms with van der Waals surface area (Å²) in [5.74, 6) is 0. The molecule has 0 unspecified atom stereocenters. The molecular formula is C20H24ClN. The molecule has 0 saturated heterocycles. The lowest BCUT2D eigenvalue weighted by Crippen LogP contribution is -1.90. The smallest absolute Gasteiger partial charge is 0.0992 e. The fraction of sp³-hybridized carbons (Fsp3) is 0.350. The highest BCUT2D eigenvalue weighted by Crippen LogP contribution is 2.30. The van der Waals surface area contributed by atoms with Crippen molar-refractivity contribution in [3.63, 3.8) is 0 Å². The summed E-state index contributed by atoms with van der Waals surface area (Å²) in [6.07, 6.45) is 9.73. The molecule has 0 aromatic heterocycles. The van der Waals surface area contributed by atoms with Gasteiger partial charge in [-0.2, -0.15) is 5.26 Å². The van der Waals surface area contributed by atoms with Crippen LogP contribution in [0.4, 0.5) is 0 Å². The predicted octanol–water partition coefficient (Wildman–Crippen LogP) is 6.70. The predicted molar refractivity (Wildman–Crippen MR) is 96.9 cm³/mol. The quantitative estimate of drug-likeness (QED) is 0.536. The van der Waals surface area contributed by atoms with Gasteiger partial charge < -0.3 is 0 Å². The first-order valence-corrected chi connectivity index (χ1v) is 8.15. The summed E-state index contributed by atoms with van der Waals surface area (Å²) in [7, 11) is 0. The van der Waals surface area contributed by atoms with Crippen molar-refractivity contribution in [2.24, 2.45) is 0 Å². The first-order chi connectivity index (χ1) is 10.5. The molecule has 1 nitrogen and oxygen atoms in total. The number of rotatable bonds is 6. The molecule has 0 amide bonds. The van der Waals surface area contributed by atoms with Gasteiger partial charge in [-0.25, -0.2) is 0 Å². The summed E-state index contributed by atoms with van der Waals surface area (Å²) in [4.78, 5) is 0. The largest absolute Gasteiger partial charge is 0.192 e. The third-order valence-electron chi connectivity index (χ3n) is 3.50. The van der Waals surface area contributed by atoms with Crippen molar-refractivity contribution in [1.29, 1.82) is 5.26 Å². The first kappa shape index (κ1) is 18.3. The molecule has 0 aliphatic carbocycles. The van der Waals surface area contributed by atoms with E-state index in [1.807, 2.05) is 12.1 Å². The molecule has 0 N–H and O–H groups in total. The third kappa shape index (κ3) is 5.20. The van der Waals surface area contributed by atoms with Gasteiger partial charge in [-0.05, 0) is 50.0 Å². The van der Waals surface area contributed by atoms with Crippen molar-refractivity contribution in [3.05, 3.63) is 63.7 Å². The highest BCUT2D eigenvalue weighted by molar-refractivity contribution is 6.32. The van der Waals surface area contributed by atoms with Gasteiger partial charge in [0.05, 0.1) is 11.6 Å². The van der Waals surface area contributed by atoms with E-state index in [0.29, 0.717) is 10.6 Å². The molecule has 0 aliphatic heterocycles. The van der Waals surface area contributed by atoms with Crippen molar-refractivity contribution < 1.29 is 0 Å². The van der Waals surface area contributed by atoms with Crippen LogP contribution in [0.5, 0.6) is 0 Å². The maximum Gasteiger partial charge on any atom is 0.0992 e. The molecule has 1 aromatic rings. The Hall–Kier alpha value is -1.78. The van der Waals surface area contributed by atoms with Crippen molar-refractivity contribution >= 4 is 17.2 Å². The van der Waals surface area contributed by atoms with Crippen LogP contribution in [0.25, 0.3) is 5.57 Å². The molecule has 0 heterocycles. The number of nitrogens with zero attached hydrogens (tertiary/aromatic N) is 1. The van der Waals surface area contributed by atoms with Gasteiger partial charge in [0.2, 0.25) is 0 Å². The second kappa shape index (κ2) is 9.28. The summed E-state index contributed by atoms with van der Waals surface area (Å²) in [6.45, 7) is 8.56. The second-order valence-corrected chi connectivity index (χ2v) is 5.85. The summed E-state index contributed by atoms with van der Waals surface area (Å²) in [6, 6.07) is 7.60. The van der Waals surface area contributed by atoms with Crippen molar-refractivity contribution in [1.82, 2.24) is 0 Å². The van der Waals surface area contributed by atoms with E-state index in [4.69, 9.17) is 16.9 Å². The van der Waals surface area contributed by atoms with E-state index < -0.39 is 0 Å². The monoisotopic (exact) mass is 313 g/mol. The molecule has 0 bridgehead atoms. The minimum absolute atomic E-state index is 0.586. The molecule has 1 rings (SSSR count). The fourth-order valence-electron chi connectivity index (χ4n) is 2.36. The Morgan fingerprint density at radius 1 is 1.23 bits per heavy atom. The average Bonchev–Trinajstić information content (AvgIpc) is 2.49. The normalized spacial score (nSPS) is 13.2. The molecule has 0 fully saturated rings. The SMILES string of the molecule is CC\C=C(C)/C(=C\C=C(\C)CCC)c1ccc(C#N)cc1Cl. The maximum atomic E-state index is 8.98. The zero-order chi connectivity index (χ0) is 16.5. The second-order valence-electron chi connectivity index (χ2n) is 5.45. The molecule has 0 saturated carbocycles. The standard InChI is InChI=1S/C20H24ClN/c1-5-7-15(3)9-11-18(16(4)8-6-2)19-12-10-17(14-22)13-20(19)21/h8-13H,5-7H2,1-4H3/b15-9-,16-8-,18-11+. The molecule has 2 heteroatoms. The fourth-order valence-corrected chi connectivity index (χ4v) is 2.64. The summed E-state index contributed by atoms with van der Waals surface area (Å²) >= 11 is 6.38. The van der Waals surface area contributed by atoms with Crippen molar-refractivity contribution in [3.8, 4) is 6.07 Å². The molecule has 0 radical (unpaired) electrons. The Morgan fingerprint density at radius 2 is 1.95 bits per heavy atom. The Morgan fingerprint density at radius 3 is 2.50 bits per heavy atom. The van der Waals surface area contributed by atoms with Gasteiger partial charge in [0.15, 0.2) is 0 Å². The minimum atomic E-state index is 0.586. The van der Waals surface area contributed by atoms with Gasteiger partial charge in [0.25, 0.3) is 0 Å². The van der Waals surface area contributed by atoms with Crippen LogP contribution in [0.15, 0.2) is 47.6 Å². The number of halogens is 1. The van der Waals surface area contributed by atoms with E-state index in [1.165, 1.54) is 11.1 Å². The molecule has 0 atom stereocenters. The van der Waals surface area contributed by atoms with E-state index in [2.05, 4.69) is 52.0 Å². The van der Waals surface area contributed by atoms with Crippen LogP contribution in [0.3, 0.4) is 0 Å². The number of hydrogen-bond acceptors (Lipinski definition) is 1. The number of nitriles is 1. The molecular weight excluding hydrogens is 290 g/mol. The highest BCUT2D eigenvalue weighted by atomic mass is 35.5. The Bertz CT molecular complexity index is 642. The molecule has 0 spiro atoms. The summed E-state index contributed by atoms with van der Waals surface area (Å²) in [5.41, 5.74) is 5.24. The van der Waals surface area contributed by atoms with Gasteiger partial charge >= 0.3 is 0 Å². The van der Waals surface area contributed by atoms with Crippen LogP contribution >= 0.6 is 11.6 Å².